The van der Waals surface area contributed by atoms with Gasteiger partial charge in [0.2, 0.25) is 0 Å². The number of rotatable bonds is 1. The molecule has 0 nitrogen and oxygen atoms in total. The minimum absolute atomic E-state index is 0. The van der Waals surface area contributed by atoms with Gasteiger partial charge >= 0.3 is 17.1 Å². The molecule has 0 saturated heterocycles. The Morgan fingerprint density at radius 1 is 1.46 bits per heavy atom. The molecule has 0 amide bonds. The predicted molar refractivity (Wildman–Crippen MR) is 54.5 cm³/mol. The monoisotopic (exact) mass is 212 g/mol. The van der Waals surface area contributed by atoms with Crippen LogP contribution in [0.5, 0.6) is 0 Å². The van der Waals surface area contributed by atoms with E-state index in [0.717, 1.165) is 0 Å². The Kier molecular flexibility index (Phi) is 11.9. The maximum atomic E-state index is 4.93. The second-order valence-electron chi connectivity index (χ2n) is 2.03. The average Bonchev–Trinajstić information content (AvgIpc) is 2.62. The minimum atomic E-state index is 0. The summed E-state index contributed by atoms with van der Waals surface area (Å²) in [6.07, 6.45) is 8.22. The van der Waals surface area contributed by atoms with Gasteiger partial charge in [0.15, 0.2) is 0 Å². The van der Waals surface area contributed by atoms with Crippen molar-refractivity contribution in [1.29, 1.82) is 0 Å². The number of terminal acetylenes is 1. The fourth-order valence-corrected chi connectivity index (χ4v) is 0.511. The number of hydrogen-bond acceptors (Lipinski definition) is 0. The van der Waals surface area contributed by atoms with Crippen molar-refractivity contribution in [2.75, 3.05) is 0 Å². The molecule has 1 rings (SSSR count). The molecule has 0 atom stereocenters. The summed E-state index contributed by atoms with van der Waals surface area (Å²) in [6, 6.07) is 10.0. The first-order valence-corrected chi connectivity index (χ1v) is 3.59. The van der Waals surface area contributed by atoms with E-state index >= 15 is 0 Å². The summed E-state index contributed by atoms with van der Waals surface area (Å²) in [4.78, 5) is 0. The van der Waals surface area contributed by atoms with Crippen LogP contribution in [0.15, 0.2) is 54.6 Å². The molecule has 1 aromatic rings. The molecular weight excluding hydrogens is 200 g/mol. The van der Waals surface area contributed by atoms with Crippen molar-refractivity contribution >= 4 is 0 Å². The standard InChI is InChI=1S/C7H7.C5H5.Fe/c1-4-6-7(3)5-2;1-2-4-5-3-1;/h2,4,6H,1,3H2;1-5H;/q2*-1;+2/b7-6-;;. The van der Waals surface area contributed by atoms with Gasteiger partial charge in [0, 0.05) is 0 Å². The van der Waals surface area contributed by atoms with Gasteiger partial charge in [0.05, 0.1) is 0 Å². The molecule has 68 valence electrons. The molecule has 0 spiro atoms. The zero-order chi connectivity index (χ0) is 9.23. The first-order chi connectivity index (χ1) is 5.81. The predicted octanol–water partition coefficient (Wildman–Crippen LogP) is 2.97. The van der Waals surface area contributed by atoms with Gasteiger partial charge in [-0.05, 0) is 0 Å². The minimum Gasteiger partial charge on any atom is -0.237 e. The van der Waals surface area contributed by atoms with E-state index in [9.17, 15) is 0 Å². The van der Waals surface area contributed by atoms with E-state index in [1.807, 2.05) is 30.3 Å². The van der Waals surface area contributed by atoms with Crippen LogP contribution in [0.4, 0.5) is 0 Å². The van der Waals surface area contributed by atoms with Crippen molar-refractivity contribution < 1.29 is 17.1 Å². The molecular formula is C12H12Fe. The number of allylic oxidation sites excluding steroid dienone is 3. The van der Waals surface area contributed by atoms with Gasteiger partial charge < -0.3 is 0 Å². The van der Waals surface area contributed by atoms with Gasteiger partial charge in [0.25, 0.3) is 0 Å². The summed E-state index contributed by atoms with van der Waals surface area (Å²) < 4.78 is 0. The molecule has 0 aliphatic carbocycles. The van der Waals surface area contributed by atoms with Crippen molar-refractivity contribution in [3.63, 3.8) is 0 Å². The smallest absolute Gasteiger partial charge is 0.237 e. The van der Waals surface area contributed by atoms with Crippen molar-refractivity contribution in [2.24, 2.45) is 0 Å². The van der Waals surface area contributed by atoms with Gasteiger partial charge in [-0.2, -0.15) is 43.2 Å². The van der Waals surface area contributed by atoms with E-state index < -0.39 is 0 Å². The van der Waals surface area contributed by atoms with E-state index in [0.29, 0.717) is 5.57 Å². The average molecular weight is 212 g/mol. The molecule has 0 aromatic heterocycles. The maximum absolute atomic E-state index is 4.93. The van der Waals surface area contributed by atoms with Gasteiger partial charge in [-0.15, -0.1) is 12.7 Å². The summed E-state index contributed by atoms with van der Waals surface area (Å²) in [7, 11) is 0. The fraction of sp³-hybridized carbons (Fsp3) is 0. The van der Waals surface area contributed by atoms with E-state index in [2.05, 4.69) is 19.4 Å². The van der Waals surface area contributed by atoms with Gasteiger partial charge in [0.1, 0.15) is 0 Å². The van der Waals surface area contributed by atoms with Gasteiger partial charge in [-0.1, -0.05) is 0 Å². The zero-order valence-electron chi connectivity index (χ0n) is 7.39. The first-order valence-electron chi connectivity index (χ1n) is 3.59. The second-order valence-corrected chi connectivity index (χ2v) is 2.03. The summed E-state index contributed by atoms with van der Waals surface area (Å²) in [5.41, 5.74) is 0.662. The summed E-state index contributed by atoms with van der Waals surface area (Å²) in [5, 5.41) is 0. The SMILES string of the molecule is C#C/C([CH2-])=C\C=C.[Fe+2].c1cc[cH-]c1. The molecule has 0 aliphatic heterocycles. The quantitative estimate of drug-likeness (QED) is 0.290. The molecule has 0 unspecified atom stereocenters. The van der Waals surface area contributed by atoms with E-state index in [-0.39, 0.29) is 17.1 Å². The Morgan fingerprint density at radius 2 is 2.00 bits per heavy atom. The molecule has 0 aliphatic rings. The zero-order valence-corrected chi connectivity index (χ0v) is 8.49. The fourth-order valence-electron chi connectivity index (χ4n) is 0.511. The summed E-state index contributed by atoms with van der Waals surface area (Å²) >= 11 is 0. The summed E-state index contributed by atoms with van der Waals surface area (Å²) in [6.45, 7) is 6.94. The van der Waals surface area contributed by atoms with Crippen LogP contribution in [0.2, 0.25) is 0 Å². The normalized spacial score (nSPS) is 8.38. The van der Waals surface area contributed by atoms with Crippen LogP contribution in [-0.4, -0.2) is 0 Å². The molecule has 0 fully saturated rings. The Morgan fingerprint density at radius 3 is 2.15 bits per heavy atom. The first kappa shape index (κ1) is 14.3. The van der Waals surface area contributed by atoms with Gasteiger partial charge in [-0.25, -0.2) is 18.1 Å². The molecule has 1 aromatic carbocycles. The second kappa shape index (κ2) is 10.8. The van der Waals surface area contributed by atoms with Crippen LogP contribution in [-0.2, 0) is 17.1 Å². The molecule has 0 heterocycles. The largest absolute Gasteiger partial charge is 2.00 e. The van der Waals surface area contributed by atoms with Crippen molar-refractivity contribution in [3.8, 4) is 12.3 Å². The molecule has 0 radical (unpaired) electrons. The number of hydrogen-bond donors (Lipinski definition) is 0. The Labute approximate surface area is 91.2 Å². The van der Waals surface area contributed by atoms with Crippen LogP contribution < -0.4 is 0 Å². The van der Waals surface area contributed by atoms with Crippen LogP contribution >= 0.6 is 0 Å². The molecule has 0 saturated carbocycles. The molecule has 0 N–H and O–H groups in total. The van der Waals surface area contributed by atoms with Crippen LogP contribution in [0.3, 0.4) is 0 Å². The third kappa shape index (κ3) is 10.8. The Bertz CT molecular complexity index is 243. The van der Waals surface area contributed by atoms with E-state index in [1.165, 1.54) is 0 Å². The van der Waals surface area contributed by atoms with Crippen molar-refractivity contribution in [1.82, 2.24) is 0 Å². The van der Waals surface area contributed by atoms with E-state index in [4.69, 9.17) is 6.42 Å². The maximum Gasteiger partial charge on any atom is 2.00 e. The van der Waals surface area contributed by atoms with Gasteiger partial charge in [-0.3, -0.25) is 0 Å². The third-order valence-electron chi connectivity index (χ3n) is 1.06. The Balaban J connectivity index is 0. The van der Waals surface area contributed by atoms with E-state index in [1.54, 1.807) is 12.2 Å². The topological polar surface area (TPSA) is 0 Å². The van der Waals surface area contributed by atoms with Crippen molar-refractivity contribution in [3.05, 3.63) is 61.6 Å². The van der Waals surface area contributed by atoms with Crippen LogP contribution in [0.25, 0.3) is 0 Å². The Hall–Kier alpha value is -1.22. The summed E-state index contributed by atoms with van der Waals surface area (Å²) in [5.74, 6) is 2.34. The molecule has 13 heavy (non-hydrogen) atoms. The third-order valence-corrected chi connectivity index (χ3v) is 1.06. The van der Waals surface area contributed by atoms with Crippen LogP contribution in [0.1, 0.15) is 0 Å². The van der Waals surface area contributed by atoms with Crippen molar-refractivity contribution in [2.45, 2.75) is 0 Å². The van der Waals surface area contributed by atoms with Crippen LogP contribution in [0, 0.1) is 19.3 Å². The molecule has 0 bridgehead atoms. The molecule has 1 heteroatoms.